The first kappa shape index (κ1) is 13.0. The van der Waals surface area contributed by atoms with E-state index in [1.807, 2.05) is 0 Å². The molecule has 0 bridgehead atoms. The van der Waals surface area contributed by atoms with Gasteiger partial charge in [0.1, 0.15) is 11.6 Å². The van der Waals surface area contributed by atoms with Crippen LogP contribution in [-0.4, -0.2) is 19.7 Å². The maximum atomic E-state index is 12.8. The van der Waals surface area contributed by atoms with E-state index in [9.17, 15) is 4.39 Å². The molecule has 3 heteroatoms. The Labute approximate surface area is 96.8 Å². The van der Waals surface area contributed by atoms with Gasteiger partial charge in [0.25, 0.3) is 0 Å². The highest BCUT2D eigenvalue weighted by molar-refractivity contribution is 5.22. The number of rotatable bonds is 7. The van der Waals surface area contributed by atoms with Crippen molar-refractivity contribution >= 4 is 0 Å². The van der Waals surface area contributed by atoms with Crippen LogP contribution in [0.15, 0.2) is 24.3 Å². The third-order valence-electron chi connectivity index (χ3n) is 2.12. The Morgan fingerprint density at radius 2 is 2.19 bits per heavy atom. The van der Waals surface area contributed by atoms with Crippen molar-refractivity contribution in [2.24, 2.45) is 5.92 Å². The smallest absolute Gasteiger partial charge is 0.126 e. The lowest BCUT2D eigenvalue weighted by Gasteiger charge is -2.08. The summed E-state index contributed by atoms with van der Waals surface area (Å²) in [5, 5.41) is 3.33. The van der Waals surface area contributed by atoms with Crippen LogP contribution in [0.3, 0.4) is 0 Å². The summed E-state index contributed by atoms with van der Waals surface area (Å²) >= 11 is 0. The van der Waals surface area contributed by atoms with Gasteiger partial charge in [0.2, 0.25) is 0 Å². The Kier molecular flexibility index (Phi) is 5.86. The van der Waals surface area contributed by atoms with Crippen LogP contribution in [0.1, 0.15) is 20.3 Å². The summed E-state index contributed by atoms with van der Waals surface area (Å²) in [6, 6.07) is 6.24. The van der Waals surface area contributed by atoms with E-state index in [1.165, 1.54) is 12.1 Å². The second kappa shape index (κ2) is 7.23. The Morgan fingerprint density at radius 3 is 2.88 bits per heavy atom. The Morgan fingerprint density at radius 1 is 1.38 bits per heavy atom. The summed E-state index contributed by atoms with van der Waals surface area (Å²) in [4.78, 5) is 0. The van der Waals surface area contributed by atoms with Gasteiger partial charge in [-0.1, -0.05) is 19.9 Å². The van der Waals surface area contributed by atoms with E-state index in [2.05, 4.69) is 19.2 Å². The molecule has 1 N–H and O–H groups in total. The molecule has 0 aliphatic rings. The van der Waals surface area contributed by atoms with Gasteiger partial charge < -0.3 is 10.1 Å². The highest BCUT2D eigenvalue weighted by atomic mass is 19.1. The van der Waals surface area contributed by atoms with Crippen LogP contribution in [0.5, 0.6) is 5.75 Å². The van der Waals surface area contributed by atoms with E-state index in [-0.39, 0.29) is 5.82 Å². The summed E-state index contributed by atoms with van der Waals surface area (Å²) in [5.41, 5.74) is 0. The Balaban J connectivity index is 2.07. The normalized spacial score (nSPS) is 10.8. The lowest BCUT2D eigenvalue weighted by Crippen LogP contribution is -2.22. The molecular formula is C13H20FNO. The molecule has 0 saturated carbocycles. The van der Waals surface area contributed by atoms with Crippen LogP contribution in [0.2, 0.25) is 0 Å². The van der Waals surface area contributed by atoms with Gasteiger partial charge in [-0.05, 0) is 37.6 Å². The summed E-state index contributed by atoms with van der Waals surface area (Å²) < 4.78 is 18.2. The third kappa shape index (κ3) is 5.71. The highest BCUT2D eigenvalue weighted by Crippen LogP contribution is 2.11. The van der Waals surface area contributed by atoms with Crippen LogP contribution >= 0.6 is 0 Å². The van der Waals surface area contributed by atoms with Crippen molar-refractivity contribution in [3.8, 4) is 5.75 Å². The van der Waals surface area contributed by atoms with Gasteiger partial charge in [0.15, 0.2) is 0 Å². The first-order valence-electron chi connectivity index (χ1n) is 5.77. The van der Waals surface area contributed by atoms with E-state index in [0.29, 0.717) is 18.3 Å². The molecule has 0 saturated heterocycles. The SMILES string of the molecule is CC(C)CNCCCOc1cccc(F)c1. The van der Waals surface area contributed by atoms with Crippen molar-refractivity contribution in [2.45, 2.75) is 20.3 Å². The van der Waals surface area contributed by atoms with Gasteiger partial charge in [-0.25, -0.2) is 4.39 Å². The van der Waals surface area contributed by atoms with E-state index in [0.717, 1.165) is 19.5 Å². The molecule has 1 aromatic rings. The van der Waals surface area contributed by atoms with E-state index < -0.39 is 0 Å². The fraction of sp³-hybridized carbons (Fsp3) is 0.538. The lowest BCUT2D eigenvalue weighted by atomic mass is 10.2. The van der Waals surface area contributed by atoms with Crippen LogP contribution < -0.4 is 10.1 Å². The molecule has 1 rings (SSSR count). The molecule has 0 spiro atoms. The minimum Gasteiger partial charge on any atom is -0.493 e. The minimum atomic E-state index is -0.254. The molecule has 0 atom stereocenters. The van der Waals surface area contributed by atoms with Crippen molar-refractivity contribution < 1.29 is 9.13 Å². The number of ether oxygens (including phenoxy) is 1. The van der Waals surface area contributed by atoms with Gasteiger partial charge in [-0.3, -0.25) is 0 Å². The molecule has 16 heavy (non-hydrogen) atoms. The van der Waals surface area contributed by atoms with Gasteiger partial charge in [-0.15, -0.1) is 0 Å². The van der Waals surface area contributed by atoms with Crippen molar-refractivity contribution in [3.05, 3.63) is 30.1 Å². The topological polar surface area (TPSA) is 21.3 Å². The predicted molar refractivity (Wildman–Crippen MR) is 64.2 cm³/mol. The standard InChI is InChI=1S/C13H20FNO/c1-11(2)10-15-7-4-8-16-13-6-3-5-12(14)9-13/h3,5-6,9,11,15H,4,7-8,10H2,1-2H3. The molecule has 0 aliphatic heterocycles. The summed E-state index contributed by atoms with van der Waals surface area (Å²) in [7, 11) is 0. The zero-order chi connectivity index (χ0) is 11.8. The molecular weight excluding hydrogens is 205 g/mol. The van der Waals surface area contributed by atoms with E-state index in [1.54, 1.807) is 12.1 Å². The van der Waals surface area contributed by atoms with Crippen LogP contribution in [0, 0.1) is 11.7 Å². The zero-order valence-electron chi connectivity index (χ0n) is 10.0. The van der Waals surface area contributed by atoms with Gasteiger partial charge >= 0.3 is 0 Å². The van der Waals surface area contributed by atoms with Crippen LogP contribution in [0.4, 0.5) is 4.39 Å². The Hall–Kier alpha value is -1.09. The number of halogens is 1. The molecule has 0 aliphatic carbocycles. The lowest BCUT2D eigenvalue weighted by molar-refractivity contribution is 0.305. The largest absolute Gasteiger partial charge is 0.493 e. The molecule has 0 heterocycles. The fourth-order valence-electron chi connectivity index (χ4n) is 1.33. The number of hydrogen-bond acceptors (Lipinski definition) is 2. The molecule has 1 aromatic carbocycles. The van der Waals surface area contributed by atoms with Crippen molar-refractivity contribution in [1.82, 2.24) is 5.32 Å². The zero-order valence-corrected chi connectivity index (χ0v) is 10.0. The highest BCUT2D eigenvalue weighted by Gasteiger charge is 1.96. The summed E-state index contributed by atoms with van der Waals surface area (Å²) in [5.74, 6) is 1.02. The molecule has 2 nitrogen and oxygen atoms in total. The first-order chi connectivity index (χ1) is 7.68. The molecule has 0 aromatic heterocycles. The molecule has 0 fully saturated rings. The molecule has 0 radical (unpaired) electrons. The van der Waals surface area contributed by atoms with Crippen molar-refractivity contribution in [1.29, 1.82) is 0 Å². The van der Waals surface area contributed by atoms with Crippen molar-refractivity contribution in [3.63, 3.8) is 0 Å². The number of hydrogen-bond donors (Lipinski definition) is 1. The number of nitrogens with one attached hydrogen (secondary N) is 1. The van der Waals surface area contributed by atoms with Gasteiger partial charge in [0.05, 0.1) is 6.61 Å². The quantitative estimate of drug-likeness (QED) is 0.720. The second-order valence-electron chi connectivity index (χ2n) is 4.26. The monoisotopic (exact) mass is 225 g/mol. The third-order valence-corrected chi connectivity index (χ3v) is 2.12. The molecule has 0 amide bonds. The van der Waals surface area contributed by atoms with Crippen molar-refractivity contribution in [2.75, 3.05) is 19.7 Å². The fourth-order valence-corrected chi connectivity index (χ4v) is 1.33. The predicted octanol–water partition coefficient (Wildman–Crippen LogP) is 2.84. The second-order valence-corrected chi connectivity index (χ2v) is 4.26. The average molecular weight is 225 g/mol. The summed E-state index contributed by atoms with van der Waals surface area (Å²) in [6.07, 6.45) is 0.934. The maximum absolute atomic E-state index is 12.8. The molecule has 90 valence electrons. The van der Waals surface area contributed by atoms with Crippen LogP contribution in [-0.2, 0) is 0 Å². The minimum absolute atomic E-state index is 0.254. The van der Waals surface area contributed by atoms with Gasteiger partial charge in [0, 0.05) is 6.07 Å². The van der Waals surface area contributed by atoms with E-state index >= 15 is 0 Å². The van der Waals surface area contributed by atoms with E-state index in [4.69, 9.17) is 4.74 Å². The average Bonchev–Trinajstić information content (AvgIpc) is 2.23. The number of benzene rings is 1. The maximum Gasteiger partial charge on any atom is 0.126 e. The van der Waals surface area contributed by atoms with Crippen LogP contribution in [0.25, 0.3) is 0 Å². The first-order valence-corrected chi connectivity index (χ1v) is 5.77. The summed E-state index contributed by atoms with van der Waals surface area (Å²) in [6.45, 7) is 6.94. The van der Waals surface area contributed by atoms with Gasteiger partial charge in [-0.2, -0.15) is 0 Å². The molecule has 0 unspecified atom stereocenters. The Bertz CT molecular complexity index is 302.